The first-order valence-electron chi connectivity index (χ1n) is 6.79. The lowest BCUT2D eigenvalue weighted by Crippen LogP contribution is -2.37. The highest BCUT2D eigenvalue weighted by Crippen LogP contribution is 2.26. The van der Waals surface area contributed by atoms with Crippen LogP contribution in [-0.2, 0) is 4.79 Å². The molecule has 1 saturated carbocycles. The standard InChI is InChI=1S/C13H24N2O/c14-12-6-4-11(5-7-12)10-13(16)15-8-2-1-3-9-15/h11-12H,1-10,14H2. The third-order valence-electron chi connectivity index (χ3n) is 4.06. The average molecular weight is 224 g/mol. The predicted octanol–water partition coefficient (Wildman–Crippen LogP) is 1.91. The van der Waals surface area contributed by atoms with Crippen molar-refractivity contribution in [2.24, 2.45) is 11.7 Å². The van der Waals surface area contributed by atoms with E-state index in [9.17, 15) is 4.79 Å². The van der Waals surface area contributed by atoms with Crippen LogP contribution in [0.3, 0.4) is 0 Å². The van der Waals surface area contributed by atoms with E-state index < -0.39 is 0 Å². The highest BCUT2D eigenvalue weighted by molar-refractivity contribution is 5.76. The fraction of sp³-hybridized carbons (Fsp3) is 0.923. The Morgan fingerprint density at radius 1 is 1.06 bits per heavy atom. The Balaban J connectivity index is 1.73. The van der Waals surface area contributed by atoms with Crippen molar-refractivity contribution in [3.63, 3.8) is 0 Å². The zero-order valence-electron chi connectivity index (χ0n) is 10.2. The van der Waals surface area contributed by atoms with Crippen molar-refractivity contribution < 1.29 is 4.79 Å². The van der Waals surface area contributed by atoms with E-state index in [0.717, 1.165) is 45.2 Å². The molecule has 0 bridgehead atoms. The lowest BCUT2D eigenvalue weighted by atomic mass is 9.84. The van der Waals surface area contributed by atoms with Crippen LogP contribution in [0, 0.1) is 5.92 Å². The molecule has 3 heteroatoms. The van der Waals surface area contributed by atoms with Gasteiger partial charge in [0.1, 0.15) is 0 Å². The van der Waals surface area contributed by atoms with Gasteiger partial charge in [-0.25, -0.2) is 0 Å². The van der Waals surface area contributed by atoms with E-state index >= 15 is 0 Å². The summed E-state index contributed by atoms with van der Waals surface area (Å²) in [6.45, 7) is 1.98. The van der Waals surface area contributed by atoms with E-state index in [1.54, 1.807) is 0 Å². The van der Waals surface area contributed by atoms with Crippen LogP contribution in [0.2, 0.25) is 0 Å². The van der Waals surface area contributed by atoms with Gasteiger partial charge in [0, 0.05) is 25.6 Å². The van der Waals surface area contributed by atoms with Gasteiger partial charge in [0.15, 0.2) is 0 Å². The molecule has 92 valence electrons. The minimum Gasteiger partial charge on any atom is -0.343 e. The molecule has 1 aliphatic carbocycles. The number of piperidine rings is 1. The molecule has 2 aliphatic rings. The molecule has 0 aromatic rings. The number of likely N-dealkylation sites (tertiary alicyclic amines) is 1. The third-order valence-corrected chi connectivity index (χ3v) is 4.06. The van der Waals surface area contributed by atoms with Crippen molar-refractivity contribution in [3.8, 4) is 0 Å². The summed E-state index contributed by atoms with van der Waals surface area (Å²) in [5.74, 6) is 0.995. The molecule has 16 heavy (non-hydrogen) atoms. The zero-order valence-corrected chi connectivity index (χ0v) is 10.2. The number of nitrogens with zero attached hydrogens (tertiary/aromatic N) is 1. The molecule has 0 unspecified atom stereocenters. The summed E-state index contributed by atoms with van der Waals surface area (Å²) in [5, 5.41) is 0. The van der Waals surface area contributed by atoms with Gasteiger partial charge in [-0.15, -0.1) is 0 Å². The number of hydrogen-bond donors (Lipinski definition) is 1. The van der Waals surface area contributed by atoms with Crippen LogP contribution in [0.4, 0.5) is 0 Å². The molecular weight excluding hydrogens is 200 g/mol. The zero-order chi connectivity index (χ0) is 11.4. The molecule has 0 atom stereocenters. The van der Waals surface area contributed by atoms with Crippen LogP contribution in [0.1, 0.15) is 51.4 Å². The first-order valence-corrected chi connectivity index (χ1v) is 6.79. The second kappa shape index (κ2) is 5.67. The highest BCUT2D eigenvalue weighted by atomic mass is 16.2. The van der Waals surface area contributed by atoms with Gasteiger partial charge in [-0.1, -0.05) is 0 Å². The number of nitrogens with two attached hydrogens (primary N) is 1. The van der Waals surface area contributed by atoms with Crippen LogP contribution < -0.4 is 5.73 Å². The molecule has 0 aromatic heterocycles. The van der Waals surface area contributed by atoms with Gasteiger partial charge in [-0.2, -0.15) is 0 Å². The van der Waals surface area contributed by atoms with Crippen molar-refractivity contribution in [1.82, 2.24) is 4.90 Å². The summed E-state index contributed by atoms with van der Waals surface area (Å²) in [6.07, 6.45) is 8.98. The average Bonchev–Trinajstić information content (AvgIpc) is 2.33. The molecule has 2 rings (SSSR count). The van der Waals surface area contributed by atoms with Gasteiger partial charge in [-0.05, 0) is 50.9 Å². The Kier molecular flexibility index (Phi) is 4.22. The predicted molar refractivity (Wildman–Crippen MR) is 65.0 cm³/mol. The molecule has 2 N–H and O–H groups in total. The lowest BCUT2D eigenvalue weighted by Gasteiger charge is -2.30. The maximum absolute atomic E-state index is 12.0. The van der Waals surface area contributed by atoms with E-state index in [1.807, 2.05) is 0 Å². The summed E-state index contributed by atoms with van der Waals surface area (Å²) < 4.78 is 0. The first kappa shape index (κ1) is 11.9. The van der Waals surface area contributed by atoms with Crippen molar-refractivity contribution >= 4 is 5.91 Å². The quantitative estimate of drug-likeness (QED) is 0.778. The number of amides is 1. The van der Waals surface area contributed by atoms with Gasteiger partial charge in [0.25, 0.3) is 0 Å². The summed E-state index contributed by atoms with van der Waals surface area (Å²) in [4.78, 5) is 14.1. The largest absolute Gasteiger partial charge is 0.343 e. The van der Waals surface area contributed by atoms with E-state index in [2.05, 4.69) is 4.90 Å². The Bertz CT molecular complexity index is 228. The monoisotopic (exact) mass is 224 g/mol. The van der Waals surface area contributed by atoms with Crippen LogP contribution in [0.25, 0.3) is 0 Å². The maximum Gasteiger partial charge on any atom is 0.222 e. The van der Waals surface area contributed by atoms with Crippen LogP contribution in [-0.4, -0.2) is 29.9 Å². The van der Waals surface area contributed by atoms with Crippen molar-refractivity contribution in [2.45, 2.75) is 57.4 Å². The molecule has 3 nitrogen and oxygen atoms in total. The van der Waals surface area contributed by atoms with Crippen LogP contribution in [0.15, 0.2) is 0 Å². The normalized spacial score (nSPS) is 31.4. The van der Waals surface area contributed by atoms with Crippen molar-refractivity contribution in [1.29, 1.82) is 0 Å². The van der Waals surface area contributed by atoms with E-state index in [-0.39, 0.29) is 0 Å². The molecule has 0 radical (unpaired) electrons. The van der Waals surface area contributed by atoms with Crippen LogP contribution >= 0.6 is 0 Å². The summed E-state index contributed by atoms with van der Waals surface area (Å²) in [5.41, 5.74) is 5.88. The smallest absolute Gasteiger partial charge is 0.222 e. The Hall–Kier alpha value is -0.570. The van der Waals surface area contributed by atoms with E-state index in [4.69, 9.17) is 5.73 Å². The minimum atomic E-state index is 0.389. The molecule has 1 amide bonds. The van der Waals surface area contributed by atoms with Gasteiger partial charge in [-0.3, -0.25) is 4.79 Å². The van der Waals surface area contributed by atoms with Gasteiger partial charge in [0.2, 0.25) is 5.91 Å². The molecule has 1 aliphatic heterocycles. The number of rotatable bonds is 2. The SMILES string of the molecule is NC1CCC(CC(=O)N2CCCCC2)CC1. The van der Waals surface area contributed by atoms with Crippen molar-refractivity contribution in [3.05, 3.63) is 0 Å². The number of carbonyl (C=O) groups is 1. The van der Waals surface area contributed by atoms with Gasteiger partial charge in [0.05, 0.1) is 0 Å². The highest BCUT2D eigenvalue weighted by Gasteiger charge is 2.24. The van der Waals surface area contributed by atoms with Gasteiger partial charge < -0.3 is 10.6 Å². The molecule has 0 aromatic carbocycles. The van der Waals surface area contributed by atoms with E-state index in [0.29, 0.717) is 17.9 Å². The molecular formula is C13H24N2O. The van der Waals surface area contributed by atoms with Crippen molar-refractivity contribution in [2.75, 3.05) is 13.1 Å². The fourth-order valence-corrected chi connectivity index (χ4v) is 2.91. The second-order valence-electron chi connectivity index (χ2n) is 5.43. The summed E-state index contributed by atoms with van der Waals surface area (Å²) >= 11 is 0. The third kappa shape index (κ3) is 3.21. The fourth-order valence-electron chi connectivity index (χ4n) is 2.91. The minimum absolute atomic E-state index is 0.389. The molecule has 0 spiro atoms. The molecule has 2 fully saturated rings. The maximum atomic E-state index is 12.0. The Morgan fingerprint density at radius 2 is 1.69 bits per heavy atom. The number of hydrogen-bond acceptors (Lipinski definition) is 2. The van der Waals surface area contributed by atoms with Gasteiger partial charge >= 0.3 is 0 Å². The first-order chi connectivity index (χ1) is 7.75. The Labute approximate surface area is 98.4 Å². The second-order valence-corrected chi connectivity index (χ2v) is 5.43. The lowest BCUT2D eigenvalue weighted by molar-refractivity contribution is -0.133. The topological polar surface area (TPSA) is 46.3 Å². The van der Waals surface area contributed by atoms with E-state index in [1.165, 1.54) is 19.3 Å². The summed E-state index contributed by atoms with van der Waals surface area (Å²) in [6, 6.07) is 0.390. The Morgan fingerprint density at radius 3 is 2.31 bits per heavy atom. The molecule has 1 heterocycles. The molecule has 1 saturated heterocycles. The summed E-state index contributed by atoms with van der Waals surface area (Å²) in [7, 11) is 0. The number of carbonyl (C=O) groups excluding carboxylic acids is 1. The van der Waals surface area contributed by atoms with Crippen LogP contribution in [0.5, 0.6) is 0 Å².